The van der Waals surface area contributed by atoms with Gasteiger partial charge in [0.05, 0.1) is 17.6 Å². The molecule has 2 aliphatic carbocycles. The maximum absolute atomic E-state index is 11.9. The molecule has 1 aliphatic heterocycles. The molecular formula is C15H20O7. The summed E-state index contributed by atoms with van der Waals surface area (Å²) in [6.45, 7) is 6.61. The maximum atomic E-state index is 11.9. The fourth-order valence-corrected chi connectivity index (χ4v) is 4.11. The zero-order valence-corrected chi connectivity index (χ0v) is 12.3. The van der Waals surface area contributed by atoms with Crippen LogP contribution in [0.5, 0.6) is 0 Å². The van der Waals surface area contributed by atoms with Crippen LogP contribution in [-0.4, -0.2) is 56.1 Å². The van der Waals surface area contributed by atoms with Crippen LogP contribution < -0.4 is 0 Å². The quantitative estimate of drug-likeness (QED) is 0.171. The average Bonchev–Trinajstić information content (AvgIpc) is 2.94. The van der Waals surface area contributed by atoms with Gasteiger partial charge in [-0.2, -0.15) is 0 Å². The first-order valence-electron chi connectivity index (χ1n) is 7.15. The van der Waals surface area contributed by atoms with Gasteiger partial charge in [-0.05, 0) is 13.8 Å². The van der Waals surface area contributed by atoms with E-state index in [1.54, 1.807) is 19.1 Å². The van der Waals surface area contributed by atoms with Gasteiger partial charge in [-0.3, -0.25) is 5.26 Å². The number of hydrogen-bond donors (Lipinski definition) is 4. The number of hydrogen-bond acceptors (Lipinski definition) is 7. The molecular weight excluding hydrogens is 292 g/mol. The van der Waals surface area contributed by atoms with Crippen molar-refractivity contribution in [1.29, 1.82) is 0 Å². The van der Waals surface area contributed by atoms with Crippen LogP contribution in [0.2, 0.25) is 0 Å². The van der Waals surface area contributed by atoms with E-state index in [2.05, 4.69) is 11.5 Å². The van der Waals surface area contributed by atoms with Gasteiger partial charge in [0.25, 0.3) is 0 Å². The lowest BCUT2D eigenvalue weighted by atomic mass is 9.73. The molecule has 0 aromatic heterocycles. The molecule has 7 heteroatoms. The van der Waals surface area contributed by atoms with Crippen LogP contribution in [0.25, 0.3) is 0 Å². The van der Waals surface area contributed by atoms with Crippen LogP contribution in [0.15, 0.2) is 24.3 Å². The van der Waals surface area contributed by atoms with Gasteiger partial charge in [-0.15, -0.1) is 0 Å². The van der Waals surface area contributed by atoms with Crippen LogP contribution in [0.1, 0.15) is 13.8 Å². The van der Waals surface area contributed by atoms with E-state index in [9.17, 15) is 25.4 Å². The predicted molar refractivity (Wildman–Crippen MR) is 73.4 cm³/mol. The van der Waals surface area contributed by atoms with E-state index in [0.717, 1.165) is 0 Å². The molecule has 0 bridgehead atoms. The molecule has 7 nitrogen and oxygen atoms in total. The Morgan fingerprint density at radius 1 is 1.36 bits per heavy atom. The minimum absolute atomic E-state index is 0.0418. The summed E-state index contributed by atoms with van der Waals surface area (Å²) in [5.41, 5.74) is -2.86. The van der Waals surface area contributed by atoms with Gasteiger partial charge in [0, 0.05) is 17.4 Å². The zero-order chi connectivity index (χ0) is 16.4. The van der Waals surface area contributed by atoms with Crippen LogP contribution in [0.3, 0.4) is 0 Å². The number of aliphatic hydroxyl groups excluding tert-OH is 2. The topological polar surface area (TPSA) is 116 Å². The number of carbonyl (C=O) groups excluding carboxylic acids is 1. The monoisotopic (exact) mass is 312 g/mol. The van der Waals surface area contributed by atoms with Crippen molar-refractivity contribution >= 4 is 5.97 Å². The molecule has 0 unspecified atom stereocenters. The van der Waals surface area contributed by atoms with Crippen molar-refractivity contribution in [2.75, 3.05) is 0 Å². The van der Waals surface area contributed by atoms with E-state index in [0.29, 0.717) is 0 Å². The van der Waals surface area contributed by atoms with Crippen molar-refractivity contribution in [3.05, 3.63) is 24.3 Å². The Bertz CT molecular complexity index is 554. The molecule has 3 aliphatic rings. The second-order valence-electron chi connectivity index (χ2n) is 6.77. The highest BCUT2D eigenvalue weighted by atomic mass is 17.1. The highest BCUT2D eigenvalue weighted by Gasteiger charge is 2.65. The van der Waals surface area contributed by atoms with Crippen LogP contribution in [0.4, 0.5) is 0 Å². The number of aliphatic hydroxyl groups is 3. The summed E-state index contributed by atoms with van der Waals surface area (Å²) in [6.07, 6.45) is -0.620. The Morgan fingerprint density at radius 3 is 2.59 bits per heavy atom. The Kier molecular flexibility index (Phi) is 3.29. The smallest absolute Gasteiger partial charge is 0.334 e. The molecule has 4 N–H and O–H groups in total. The summed E-state index contributed by atoms with van der Waals surface area (Å²) in [5, 5.41) is 40.8. The Balaban J connectivity index is 2.15. The normalized spacial score (nSPS) is 53.9. The van der Waals surface area contributed by atoms with E-state index in [4.69, 9.17) is 4.74 Å². The number of ether oxygens (including phenoxy) is 1. The summed E-state index contributed by atoms with van der Waals surface area (Å²) in [7, 11) is 0. The predicted octanol–water partition coefficient (Wildman–Crippen LogP) is -0.379. The highest BCUT2D eigenvalue weighted by molar-refractivity contribution is 5.91. The minimum atomic E-state index is -1.69. The van der Waals surface area contributed by atoms with Crippen molar-refractivity contribution in [3.63, 3.8) is 0 Å². The fourth-order valence-electron chi connectivity index (χ4n) is 4.11. The zero-order valence-electron chi connectivity index (χ0n) is 12.3. The first-order chi connectivity index (χ1) is 10.1. The van der Waals surface area contributed by atoms with Gasteiger partial charge in [0.1, 0.15) is 17.8 Å². The van der Waals surface area contributed by atoms with Crippen molar-refractivity contribution < 1.29 is 35.0 Å². The standard InChI is InChI=1S/C15H20O7/c1-6-8-10(16)12(17)15(3,19)7-4-5-14(2,22-20)9(7)11(8)21-13(6)18/h4-5,7-12,16-17,19-20H,1H2,2-3H3/t7-,8-,9-,10+,11+,12+,14-,15-/m0/s1. The molecule has 122 valence electrons. The van der Waals surface area contributed by atoms with Crippen LogP contribution >= 0.6 is 0 Å². The number of fused-ring (bicyclic) bond motifs is 3. The van der Waals surface area contributed by atoms with E-state index in [-0.39, 0.29) is 5.57 Å². The molecule has 0 aromatic rings. The molecule has 1 saturated heterocycles. The molecule has 1 saturated carbocycles. The van der Waals surface area contributed by atoms with Crippen molar-refractivity contribution in [1.82, 2.24) is 0 Å². The van der Waals surface area contributed by atoms with Gasteiger partial charge in [0.15, 0.2) is 0 Å². The summed E-state index contributed by atoms with van der Waals surface area (Å²) in [5.74, 6) is -2.89. The first-order valence-corrected chi connectivity index (χ1v) is 7.15. The molecule has 22 heavy (non-hydrogen) atoms. The second-order valence-corrected chi connectivity index (χ2v) is 6.77. The van der Waals surface area contributed by atoms with Crippen molar-refractivity contribution in [3.8, 4) is 0 Å². The molecule has 3 rings (SSSR count). The third-order valence-electron chi connectivity index (χ3n) is 5.46. The van der Waals surface area contributed by atoms with Gasteiger partial charge in [0.2, 0.25) is 0 Å². The largest absolute Gasteiger partial charge is 0.458 e. The average molecular weight is 312 g/mol. The van der Waals surface area contributed by atoms with Crippen molar-refractivity contribution in [2.24, 2.45) is 17.8 Å². The Labute approximate surface area is 127 Å². The number of carbonyl (C=O) groups is 1. The maximum Gasteiger partial charge on any atom is 0.334 e. The van der Waals surface area contributed by atoms with E-state index in [1.165, 1.54) is 6.92 Å². The third-order valence-corrected chi connectivity index (χ3v) is 5.46. The summed E-state index contributed by atoms with van der Waals surface area (Å²) in [4.78, 5) is 16.4. The second kappa shape index (κ2) is 4.62. The SMILES string of the molecule is C=C1C(=O)O[C@@H]2[C@@H]1[C@@H](O)[C@@H](O)[C@@](C)(O)[C@H]1C=C[C@](C)(OO)[C@H]21. The van der Waals surface area contributed by atoms with E-state index >= 15 is 0 Å². The van der Waals surface area contributed by atoms with Gasteiger partial charge in [-0.1, -0.05) is 18.7 Å². The lowest BCUT2D eigenvalue weighted by Crippen LogP contribution is -2.53. The molecule has 0 radical (unpaired) electrons. The number of esters is 1. The van der Waals surface area contributed by atoms with Crippen LogP contribution in [-0.2, 0) is 14.4 Å². The highest BCUT2D eigenvalue weighted by Crippen LogP contribution is 2.53. The third kappa shape index (κ3) is 1.77. The molecule has 0 amide bonds. The van der Waals surface area contributed by atoms with Crippen molar-refractivity contribution in [2.45, 2.75) is 43.4 Å². The molecule has 8 atom stereocenters. The van der Waals surface area contributed by atoms with Gasteiger partial charge in [-0.25, -0.2) is 9.68 Å². The van der Waals surface area contributed by atoms with Gasteiger partial charge >= 0.3 is 5.97 Å². The summed E-state index contributed by atoms with van der Waals surface area (Å²) >= 11 is 0. The van der Waals surface area contributed by atoms with Crippen LogP contribution in [0, 0.1) is 17.8 Å². The molecule has 1 heterocycles. The van der Waals surface area contributed by atoms with Gasteiger partial charge < -0.3 is 20.1 Å². The minimum Gasteiger partial charge on any atom is -0.458 e. The molecule has 0 spiro atoms. The Hall–Kier alpha value is -1.25. The summed E-state index contributed by atoms with van der Waals surface area (Å²) in [6, 6.07) is 0. The fraction of sp³-hybridized carbons (Fsp3) is 0.667. The summed E-state index contributed by atoms with van der Waals surface area (Å²) < 4.78 is 5.33. The first kappa shape index (κ1) is 15.6. The van der Waals surface area contributed by atoms with E-state index in [1.807, 2.05) is 0 Å². The van der Waals surface area contributed by atoms with E-state index < -0.39 is 53.2 Å². The Morgan fingerprint density at radius 2 is 2.00 bits per heavy atom. The lowest BCUT2D eigenvalue weighted by Gasteiger charge is -2.39. The number of rotatable bonds is 1. The molecule has 2 fully saturated rings. The molecule has 0 aromatic carbocycles. The lowest BCUT2D eigenvalue weighted by molar-refractivity contribution is -0.324.